The number of hydrogen-bond donors (Lipinski definition) is 1. The standard InChI is InChI=1S/C18H24N2O4/c1-4-9-19(10-5-2)18(23)20-13(3)12-24-16(20)14-7-6-8-15(11-14)17(21)22/h6-8,11-12,16H,4-5,9-10H2,1-3H3,(H,21,22). The molecule has 0 bridgehead atoms. The minimum absolute atomic E-state index is 0.115. The highest BCUT2D eigenvalue weighted by atomic mass is 16.5. The van der Waals surface area contributed by atoms with Crippen molar-refractivity contribution >= 4 is 12.0 Å². The highest BCUT2D eigenvalue weighted by Crippen LogP contribution is 2.33. The molecule has 1 N–H and O–H groups in total. The summed E-state index contributed by atoms with van der Waals surface area (Å²) in [6.45, 7) is 7.24. The quantitative estimate of drug-likeness (QED) is 0.860. The van der Waals surface area contributed by atoms with Gasteiger partial charge in [-0.25, -0.2) is 9.59 Å². The summed E-state index contributed by atoms with van der Waals surface area (Å²) < 4.78 is 5.65. The minimum atomic E-state index is -1.00. The predicted octanol–water partition coefficient (Wildman–Crippen LogP) is 3.82. The number of benzene rings is 1. The summed E-state index contributed by atoms with van der Waals surface area (Å²) >= 11 is 0. The predicted molar refractivity (Wildman–Crippen MR) is 90.4 cm³/mol. The summed E-state index contributed by atoms with van der Waals surface area (Å²) in [5.74, 6) is -1.00. The maximum Gasteiger partial charge on any atom is 0.335 e. The van der Waals surface area contributed by atoms with Gasteiger partial charge in [0, 0.05) is 18.7 Å². The van der Waals surface area contributed by atoms with Crippen molar-refractivity contribution in [2.45, 2.75) is 39.8 Å². The zero-order valence-electron chi connectivity index (χ0n) is 14.4. The molecule has 1 unspecified atom stereocenters. The van der Waals surface area contributed by atoms with Crippen LogP contribution in [-0.2, 0) is 4.74 Å². The van der Waals surface area contributed by atoms with E-state index in [1.54, 1.807) is 34.3 Å². The van der Waals surface area contributed by atoms with Crippen molar-refractivity contribution in [3.05, 3.63) is 47.4 Å². The van der Waals surface area contributed by atoms with Crippen LogP contribution in [-0.4, -0.2) is 40.0 Å². The van der Waals surface area contributed by atoms with Crippen LogP contribution < -0.4 is 0 Å². The average Bonchev–Trinajstić information content (AvgIpc) is 2.95. The molecule has 1 atom stereocenters. The van der Waals surface area contributed by atoms with Gasteiger partial charge in [-0.2, -0.15) is 0 Å². The van der Waals surface area contributed by atoms with Gasteiger partial charge in [-0.1, -0.05) is 26.0 Å². The molecule has 2 amide bonds. The second-order valence-corrected chi connectivity index (χ2v) is 5.82. The molecule has 0 spiro atoms. The van der Waals surface area contributed by atoms with Gasteiger partial charge in [0.2, 0.25) is 6.23 Å². The molecule has 1 aliphatic rings. The lowest BCUT2D eigenvalue weighted by atomic mass is 10.1. The number of ether oxygens (including phenoxy) is 1. The molecule has 2 rings (SSSR count). The Balaban J connectivity index is 2.29. The SMILES string of the molecule is CCCN(CCC)C(=O)N1C(C)=COC1c1cccc(C(=O)O)c1. The Morgan fingerprint density at radius 3 is 2.50 bits per heavy atom. The van der Waals surface area contributed by atoms with Crippen LogP contribution in [0.2, 0.25) is 0 Å². The maximum absolute atomic E-state index is 13.0. The lowest BCUT2D eigenvalue weighted by Crippen LogP contribution is -2.43. The van der Waals surface area contributed by atoms with Crippen molar-refractivity contribution in [2.75, 3.05) is 13.1 Å². The molecule has 1 aliphatic heterocycles. The van der Waals surface area contributed by atoms with E-state index in [0.717, 1.165) is 12.8 Å². The van der Waals surface area contributed by atoms with E-state index in [-0.39, 0.29) is 11.6 Å². The van der Waals surface area contributed by atoms with Crippen LogP contribution >= 0.6 is 0 Å². The molecule has 1 aromatic carbocycles. The Morgan fingerprint density at radius 1 is 1.25 bits per heavy atom. The highest BCUT2D eigenvalue weighted by molar-refractivity contribution is 5.87. The Morgan fingerprint density at radius 2 is 1.92 bits per heavy atom. The fourth-order valence-electron chi connectivity index (χ4n) is 2.76. The van der Waals surface area contributed by atoms with E-state index < -0.39 is 12.2 Å². The molecular weight excluding hydrogens is 308 g/mol. The summed E-state index contributed by atoms with van der Waals surface area (Å²) in [4.78, 5) is 27.5. The number of rotatable bonds is 6. The number of carboxylic acids is 1. The Kier molecular flexibility index (Phi) is 5.84. The van der Waals surface area contributed by atoms with Gasteiger partial charge in [-0.05, 0) is 31.9 Å². The summed E-state index contributed by atoms with van der Waals surface area (Å²) in [7, 11) is 0. The number of carbonyl (C=O) groups excluding carboxylic acids is 1. The lowest BCUT2D eigenvalue weighted by Gasteiger charge is -2.31. The van der Waals surface area contributed by atoms with Crippen LogP contribution in [0, 0.1) is 0 Å². The van der Waals surface area contributed by atoms with Gasteiger partial charge in [0.1, 0.15) is 6.26 Å². The smallest absolute Gasteiger partial charge is 0.335 e. The van der Waals surface area contributed by atoms with Gasteiger partial charge < -0.3 is 14.7 Å². The number of carbonyl (C=O) groups is 2. The molecular formula is C18H24N2O4. The largest absolute Gasteiger partial charge is 0.478 e. The second kappa shape index (κ2) is 7.86. The lowest BCUT2D eigenvalue weighted by molar-refractivity contribution is 0.0569. The number of carboxylic acid groups (broad SMARTS) is 1. The topological polar surface area (TPSA) is 70.1 Å². The molecule has 0 radical (unpaired) electrons. The monoisotopic (exact) mass is 332 g/mol. The Bertz CT molecular complexity index is 636. The highest BCUT2D eigenvalue weighted by Gasteiger charge is 2.34. The number of amides is 2. The molecule has 1 aromatic rings. The van der Waals surface area contributed by atoms with Crippen molar-refractivity contribution in [1.29, 1.82) is 0 Å². The first-order chi connectivity index (χ1) is 11.5. The van der Waals surface area contributed by atoms with E-state index in [1.807, 2.05) is 20.8 Å². The summed E-state index contributed by atoms with van der Waals surface area (Å²) in [5.41, 5.74) is 1.53. The summed E-state index contributed by atoms with van der Waals surface area (Å²) in [5, 5.41) is 9.16. The molecule has 0 aliphatic carbocycles. The number of allylic oxidation sites excluding steroid dienone is 1. The van der Waals surface area contributed by atoms with E-state index in [0.29, 0.717) is 24.4 Å². The van der Waals surface area contributed by atoms with E-state index in [9.17, 15) is 9.59 Å². The zero-order chi connectivity index (χ0) is 17.7. The number of urea groups is 1. The van der Waals surface area contributed by atoms with Gasteiger partial charge in [0.05, 0.1) is 11.3 Å². The number of hydrogen-bond acceptors (Lipinski definition) is 3. The molecule has 24 heavy (non-hydrogen) atoms. The van der Waals surface area contributed by atoms with Crippen LogP contribution in [0.5, 0.6) is 0 Å². The molecule has 0 fully saturated rings. The van der Waals surface area contributed by atoms with Crippen LogP contribution in [0.3, 0.4) is 0 Å². The van der Waals surface area contributed by atoms with E-state index >= 15 is 0 Å². The second-order valence-electron chi connectivity index (χ2n) is 5.82. The molecule has 0 saturated carbocycles. The normalized spacial score (nSPS) is 16.5. The first-order valence-corrected chi connectivity index (χ1v) is 8.23. The molecule has 1 heterocycles. The Labute approximate surface area is 142 Å². The summed E-state index contributed by atoms with van der Waals surface area (Å²) in [6.07, 6.45) is 2.67. The average molecular weight is 332 g/mol. The van der Waals surface area contributed by atoms with Crippen LogP contribution in [0.1, 0.15) is 55.8 Å². The van der Waals surface area contributed by atoms with Crippen molar-refractivity contribution in [2.24, 2.45) is 0 Å². The van der Waals surface area contributed by atoms with Crippen LogP contribution in [0.15, 0.2) is 36.2 Å². The van der Waals surface area contributed by atoms with Gasteiger partial charge in [0.15, 0.2) is 0 Å². The Hall–Kier alpha value is -2.50. The number of nitrogens with zero attached hydrogens (tertiary/aromatic N) is 2. The van der Waals surface area contributed by atoms with E-state index in [2.05, 4.69) is 0 Å². The van der Waals surface area contributed by atoms with Crippen molar-refractivity contribution in [3.8, 4) is 0 Å². The maximum atomic E-state index is 13.0. The molecule has 6 heteroatoms. The first kappa shape index (κ1) is 17.8. The van der Waals surface area contributed by atoms with Gasteiger partial charge in [-0.15, -0.1) is 0 Å². The van der Waals surface area contributed by atoms with E-state index in [4.69, 9.17) is 9.84 Å². The van der Waals surface area contributed by atoms with Crippen LogP contribution in [0.4, 0.5) is 4.79 Å². The third-order valence-corrected chi connectivity index (χ3v) is 3.86. The molecule has 6 nitrogen and oxygen atoms in total. The van der Waals surface area contributed by atoms with Gasteiger partial charge in [-0.3, -0.25) is 4.90 Å². The molecule has 130 valence electrons. The first-order valence-electron chi connectivity index (χ1n) is 8.23. The van der Waals surface area contributed by atoms with Crippen molar-refractivity contribution in [3.63, 3.8) is 0 Å². The van der Waals surface area contributed by atoms with Gasteiger partial charge >= 0.3 is 12.0 Å². The number of aromatic carboxylic acids is 1. The van der Waals surface area contributed by atoms with E-state index in [1.165, 1.54) is 6.07 Å². The van der Waals surface area contributed by atoms with Gasteiger partial charge in [0.25, 0.3) is 0 Å². The zero-order valence-corrected chi connectivity index (χ0v) is 14.4. The van der Waals surface area contributed by atoms with Crippen LogP contribution in [0.25, 0.3) is 0 Å². The summed E-state index contributed by atoms with van der Waals surface area (Å²) in [6, 6.07) is 6.38. The fraction of sp³-hybridized carbons (Fsp3) is 0.444. The third-order valence-electron chi connectivity index (χ3n) is 3.86. The van der Waals surface area contributed by atoms with Crippen molar-refractivity contribution < 1.29 is 19.4 Å². The van der Waals surface area contributed by atoms with Crippen molar-refractivity contribution in [1.82, 2.24) is 9.80 Å². The molecule has 0 aromatic heterocycles. The molecule has 0 saturated heterocycles. The third kappa shape index (κ3) is 3.69. The minimum Gasteiger partial charge on any atom is -0.478 e. The fourth-order valence-corrected chi connectivity index (χ4v) is 2.76.